The van der Waals surface area contributed by atoms with Crippen LogP contribution in [0.4, 0.5) is 5.69 Å². The van der Waals surface area contributed by atoms with Crippen LogP contribution >= 0.6 is 0 Å². The van der Waals surface area contributed by atoms with E-state index in [-0.39, 0.29) is 13.0 Å². The second-order valence-electron chi connectivity index (χ2n) is 5.97. The summed E-state index contributed by atoms with van der Waals surface area (Å²) in [6.45, 7) is 0.129. The highest BCUT2D eigenvalue weighted by Gasteiger charge is 2.30. The van der Waals surface area contributed by atoms with Gasteiger partial charge in [-0.25, -0.2) is 0 Å². The first-order chi connectivity index (χ1) is 13.6. The molecule has 2 amide bonds. The largest absolute Gasteiger partial charge is 0.492 e. The monoisotopic (exact) mass is 384 g/mol. The van der Waals surface area contributed by atoms with Gasteiger partial charge in [0.15, 0.2) is 12.7 Å². The molecule has 2 aromatic rings. The van der Waals surface area contributed by atoms with Gasteiger partial charge in [0, 0.05) is 0 Å². The molecule has 1 aliphatic heterocycles. The Balaban J connectivity index is 1.34. The van der Waals surface area contributed by atoms with Gasteiger partial charge in [-0.2, -0.15) is 0 Å². The number of benzene rings is 2. The fourth-order valence-corrected chi connectivity index (χ4v) is 2.51. The highest BCUT2D eigenvalue weighted by Crippen LogP contribution is 2.29. The molecule has 2 N–H and O–H groups in total. The number of fused-ring (bicyclic) bond motifs is 1. The van der Waals surface area contributed by atoms with Crippen LogP contribution in [0, 0.1) is 0 Å². The summed E-state index contributed by atoms with van der Waals surface area (Å²) < 4.78 is 15.9. The molecular weight excluding hydrogens is 364 g/mol. The molecule has 8 nitrogen and oxygen atoms in total. The normalized spacial score (nSPS) is 14.9. The Morgan fingerprint density at radius 3 is 2.64 bits per heavy atom. The zero-order valence-corrected chi connectivity index (χ0v) is 15.1. The van der Waals surface area contributed by atoms with Gasteiger partial charge in [-0.05, 0) is 24.3 Å². The summed E-state index contributed by atoms with van der Waals surface area (Å²) in [5, 5.41) is 5.25. The van der Waals surface area contributed by atoms with Gasteiger partial charge < -0.3 is 24.8 Å². The zero-order chi connectivity index (χ0) is 19.8. The van der Waals surface area contributed by atoms with E-state index in [1.165, 1.54) is 0 Å². The Morgan fingerprint density at radius 2 is 1.82 bits per heavy atom. The van der Waals surface area contributed by atoms with Gasteiger partial charge in [0.1, 0.15) is 18.1 Å². The minimum Gasteiger partial charge on any atom is -0.492 e. The Labute approximate surface area is 161 Å². The predicted molar refractivity (Wildman–Crippen MR) is 100 cm³/mol. The lowest BCUT2D eigenvalue weighted by atomic mass is 10.1. The third kappa shape index (κ3) is 5.47. The highest BCUT2D eigenvalue weighted by atomic mass is 16.5. The van der Waals surface area contributed by atoms with Crippen LogP contribution in [0.25, 0.3) is 0 Å². The molecule has 1 atom stereocenters. The lowest BCUT2D eigenvalue weighted by Gasteiger charge is -2.25. The SMILES string of the molecule is O=C(COC(=O)C[C@H]1Oc2ccccc2NC1=O)NCCOc1ccccc1. The zero-order valence-electron chi connectivity index (χ0n) is 15.1. The van der Waals surface area contributed by atoms with Crippen LogP contribution in [-0.4, -0.2) is 43.6 Å². The highest BCUT2D eigenvalue weighted by molar-refractivity contribution is 5.99. The van der Waals surface area contributed by atoms with E-state index in [1.54, 1.807) is 24.3 Å². The molecule has 0 bridgehead atoms. The molecule has 0 saturated carbocycles. The predicted octanol–water partition coefficient (Wildman–Crippen LogP) is 1.51. The molecule has 2 aromatic carbocycles. The van der Waals surface area contributed by atoms with Gasteiger partial charge in [0.25, 0.3) is 11.8 Å². The minimum atomic E-state index is -0.996. The number of anilines is 1. The van der Waals surface area contributed by atoms with E-state index in [9.17, 15) is 14.4 Å². The van der Waals surface area contributed by atoms with Crippen molar-refractivity contribution in [3.05, 3.63) is 54.6 Å². The summed E-state index contributed by atoms with van der Waals surface area (Å²) in [5.41, 5.74) is 0.550. The van der Waals surface area contributed by atoms with Crippen molar-refractivity contribution < 1.29 is 28.6 Å². The van der Waals surface area contributed by atoms with Crippen LogP contribution in [0.3, 0.4) is 0 Å². The molecule has 28 heavy (non-hydrogen) atoms. The van der Waals surface area contributed by atoms with Crippen molar-refractivity contribution in [1.29, 1.82) is 0 Å². The third-order valence-corrected chi connectivity index (χ3v) is 3.86. The molecule has 146 valence electrons. The number of nitrogens with one attached hydrogen (secondary N) is 2. The number of hydrogen-bond donors (Lipinski definition) is 2. The first-order valence-corrected chi connectivity index (χ1v) is 8.78. The van der Waals surface area contributed by atoms with Crippen LogP contribution in [-0.2, 0) is 19.1 Å². The molecule has 1 heterocycles. The first-order valence-electron chi connectivity index (χ1n) is 8.78. The molecule has 0 spiro atoms. The summed E-state index contributed by atoms with van der Waals surface area (Å²) >= 11 is 0. The Morgan fingerprint density at radius 1 is 1.07 bits per heavy atom. The third-order valence-electron chi connectivity index (χ3n) is 3.86. The number of hydrogen-bond acceptors (Lipinski definition) is 6. The second kappa shape index (κ2) is 9.40. The van der Waals surface area contributed by atoms with Crippen molar-refractivity contribution in [2.45, 2.75) is 12.5 Å². The molecule has 8 heteroatoms. The molecule has 0 aliphatic carbocycles. The van der Waals surface area contributed by atoms with Crippen molar-refractivity contribution in [2.75, 3.05) is 25.1 Å². The van der Waals surface area contributed by atoms with Crippen molar-refractivity contribution in [2.24, 2.45) is 0 Å². The van der Waals surface area contributed by atoms with Gasteiger partial charge in [0.05, 0.1) is 18.7 Å². The second-order valence-corrected chi connectivity index (χ2v) is 5.97. The van der Waals surface area contributed by atoms with Gasteiger partial charge >= 0.3 is 5.97 Å². The molecule has 0 saturated heterocycles. The quantitative estimate of drug-likeness (QED) is 0.528. The Kier molecular flexibility index (Phi) is 6.46. The maximum absolute atomic E-state index is 12.0. The summed E-state index contributed by atoms with van der Waals surface area (Å²) in [6.07, 6.45) is -1.28. The van der Waals surface area contributed by atoms with Gasteiger partial charge in [-0.1, -0.05) is 30.3 Å². The average Bonchev–Trinajstić information content (AvgIpc) is 2.71. The average molecular weight is 384 g/mol. The maximum Gasteiger partial charge on any atom is 0.310 e. The summed E-state index contributed by atoms with van der Waals surface area (Å²) in [5.74, 6) is -0.399. The number of amides is 2. The van der Waals surface area contributed by atoms with Gasteiger partial charge in [-0.15, -0.1) is 0 Å². The summed E-state index contributed by atoms with van der Waals surface area (Å²) in [4.78, 5) is 35.6. The van der Waals surface area contributed by atoms with Crippen LogP contribution in [0.15, 0.2) is 54.6 Å². The van der Waals surface area contributed by atoms with Crippen LogP contribution in [0.2, 0.25) is 0 Å². The minimum absolute atomic E-state index is 0.274. The molecule has 0 radical (unpaired) electrons. The molecule has 0 unspecified atom stereocenters. The Bertz CT molecular complexity index is 840. The number of rotatable bonds is 8. The fourth-order valence-electron chi connectivity index (χ4n) is 2.51. The van der Waals surface area contributed by atoms with E-state index in [4.69, 9.17) is 14.2 Å². The van der Waals surface area contributed by atoms with E-state index in [0.29, 0.717) is 23.8 Å². The van der Waals surface area contributed by atoms with Gasteiger partial charge in [-0.3, -0.25) is 14.4 Å². The van der Waals surface area contributed by atoms with E-state index >= 15 is 0 Å². The lowest BCUT2D eigenvalue weighted by molar-refractivity contribution is -0.151. The first kappa shape index (κ1) is 19.2. The van der Waals surface area contributed by atoms with E-state index in [2.05, 4.69) is 10.6 Å². The smallest absolute Gasteiger partial charge is 0.310 e. The van der Waals surface area contributed by atoms with E-state index < -0.39 is 30.5 Å². The number of esters is 1. The number of ether oxygens (including phenoxy) is 3. The van der Waals surface area contributed by atoms with Crippen LogP contribution in [0.5, 0.6) is 11.5 Å². The standard InChI is InChI=1S/C20H20N2O6/c23-18(21-10-11-26-14-6-2-1-3-7-14)13-27-19(24)12-17-20(25)22-15-8-4-5-9-16(15)28-17/h1-9,17H,10-13H2,(H,21,23)(H,22,25)/t17-/m1/s1. The molecule has 3 rings (SSSR count). The van der Waals surface area contributed by atoms with Crippen molar-refractivity contribution in [1.82, 2.24) is 5.32 Å². The van der Waals surface area contributed by atoms with E-state index in [1.807, 2.05) is 30.3 Å². The van der Waals surface area contributed by atoms with Crippen LogP contribution in [0.1, 0.15) is 6.42 Å². The fraction of sp³-hybridized carbons (Fsp3) is 0.250. The molecule has 1 aliphatic rings. The van der Waals surface area contributed by atoms with Crippen molar-refractivity contribution >= 4 is 23.5 Å². The molecular formula is C20H20N2O6. The van der Waals surface area contributed by atoms with Crippen molar-refractivity contribution in [3.63, 3.8) is 0 Å². The van der Waals surface area contributed by atoms with E-state index in [0.717, 1.165) is 0 Å². The lowest BCUT2D eigenvalue weighted by Crippen LogP contribution is -2.39. The number of carbonyl (C=O) groups excluding carboxylic acids is 3. The molecule has 0 fully saturated rings. The topological polar surface area (TPSA) is 103 Å². The molecule has 0 aromatic heterocycles. The van der Waals surface area contributed by atoms with Crippen LogP contribution < -0.4 is 20.1 Å². The number of carbonyl (C=O) groups is 3. The maximum atomic E-state index is 12.0. The van der Waals surface area contributed by atoms with Crippen molar-refractivity contribution in [3.8, 4) is 11.5 Å². The van der Waals surface area contributed by atoms with Gasteiger partial charge in [0.2, 0.25) is 0 Å². The Hall–Kier alpha value is -3.55. The number of para-hydroxylation sites is 3. The summed E-state index contributed by atoms with van der Waals surface area (Å²) in [6, 6.07) is 16.1. The summed E-state index contributed by atoms with van der Waals surface area (Å²) in [7, 11) is 0.